The van der Waals surface area contributed by atoms with E-state index in [4.69, 9.17) is 0 Å². The van der Waals surface area contributed by atoms with Gasteiger partial charge in [0.25, 0.3) is 5.91 Å². The summed E-state index contributed by atoms with van der Waals surface area (Å²) in [6.45, 7) is 3.55. The van der Waals surface area contributed by atoms with Crippen molar-refractivity contribution in [2.75, 3.05) is 18.4 Å². The lowest BCUT2D eigenvalue weighted by Gasteiger charge is -2.28. The van der Waals surface area contributed by atoms with Crippen LogP contribution in [0.3, 0.4) is 0 Å². The van der Waals surface area contributed by atoms with E-state index in [0.717, 1.165) is 37.9 Å². The molecule has 1 unspecified atom stereocenters. The lowest BCUT2D eigenvalue weighted by Crippen LogP contribution is -2.36. The van der Waals surface area contributed by atoms with Crippen LogP contribution in [0.2, 0.25) is 0 Å². The Bertz CT molecular complexity index is 984. The Balaban J connectivity index is 1.78. The second-order valence-corrected chi connectivity index (χ2v) is 7.34. The standard InChI is InChI=1S/C23H24FN3O/c1-16(17-8-4-2-5-9-17)26-22-19-14-18(24)10-11-21(19)25-15-20(22)23(28)27-12-6-3-7-13-27/h2,4-5,8-11,14-16H,3,6-7,12-13H2,1H3,(H,25,26). The molecular weight excluding hydrogens is 353 g/mol. The third-order valence-corrected chi connectivity index (χ3v) is 5.36. The summed E-state index contributed by atoms with van der Waals surface area (Å²) in [5.41, 5.74) is 2.92. The van der Waals surface area contributed by atoms with Crippen LogP contribution in [0.15, 0.2) is 54.7 Å². The first-order valence-electron chi connectivity index (χ1n) is 9.82. The summed E-state index contributed by atoms with van der Waals surface area (Å²) in [6.07, 6.45) is 4.81. The number of hydrogen-bond donors (Lipinski definition) is 1. The Morgan fingerprint density at radius 3 is 2.61 bits per heavy atom. The molecule has 1 aliphatic rings. The van der Waals surface area contributed by atoms with Crippen molar-refractivity contribution in [3.63, 3.8) is 0 Å². The van der Waals surface area contributed by atoms with Gasteiger partial charge in [-0.1, -0.05) is 30.3 Å². The van der Waals surface area contributed by atoms with E-state index in [-0.39, 0.29) is 17.8 Å². The van der Waals surface area contributed by atoms with Gasteiger partial charge in [-0.15, -0.1) is 0 Å². The van der Waals surface area contributed by atoms with E-state index in [2.05, 4.69) is 10.3 Å². The van der Waals surface area contributed by atoms with Gasteiger partial charge in [-0.05, 0) is 49.9 Å². The summed E-state index contributed by atoms with van der Waals surface area (Å²) < 4.78 is 14.0. The van der Waals surface area contributed by atoms with Crippen LogP contribution in [-0.4, -0.2) is 28.9 Å². The monoisotopic (exact) mass is 377 g/mol. The highest BCUT2D eigenvalue weighted by molar-refractivity contribution is 6.07. The average molecular weight is 377 g/mol. The lowest BCUT2D eigenvalue weighted by molar-refractivity contribution is 0.0725. The smallest absolute Gasteiger partial charge is 0.257 e. The van der Waals surface area contributed by atoms with E-state index < -0.39 is 0 Å². The zero-order valence-electron chi connectivity index (χ0n) is 16.0. The molecule has 5 heteroatoms. The van der Waals surface area contributed by atoms with Crippen LogP contribution in [0.1, 0.15) is 48.1 Å². The Morgan fingerprint density at radius 2 is 1.86 bits per heavy atom. The first-order chi connectivity index (χ1) is 13.6. The maximum Gasteiger partial charge on any atom is 0.257 e. The molecule has 1 N–H and O–H groups in total. The number of piperidine rings is 1. The second kappa shape index (κ2) is 7.97. The van der Waals surface area contributed by atoms with Gasteiger partial charge >= 0.3 is 0 Å². The number of hydrogen-bond acceptors (Lipinski definition) is 3. The van der Waals surface area contributed by atoms with Crippen LogP contribution >= 0.6 is 0 Å². The van der Waals surface area contributed by atoms with Crippen molar-refractivity contribution in [1.82, 2.24) is 9.88 Å². The van der Waals surface area contributed by atoms with Crippen molar-refractivity contribution < 1.29 is 9.18 Å². The van der Waals surface area contributed by atoms with E-state index in [1.165, 1.54) is 12.1 Å². The maximum absolute atomic E-state index is 14.0. The highest BCUT2D eigenvalue weighted by Crippen LogP contribution is 2.31. The molecule has 0 bridgehead atoms. The molecule has 1 aromatic heterocycles. The van der Waals surface area contributed by atoms with Crippen molar-refractivity contribution in [3.8, 4) is 0 Å². The minimum Gasteiger partial charge on any atom is -0.377 e. The molecule has 2 aromatic carbocycles. The van der Waals surface area contributed by atoms with Crippen molar-refractivity contribution >= 4 is 22.5 Å². The molecule has 1 saturated heterocycles. The number of aromatic nitrogens is 1. The molecule has 0 spiro atoms. The van der Waals surface area contributed by atoms with Gasteiger partial charge in [-0.2, -0.15) is 0 Å². The van der Waals surface area contributed by atoms with E-state index in [1.54, 1.807) is 12.3 Å². The SMILES string of the molecule is CC(Nc1c(C(=O)N2CCCCC2)cnc2ccc(F)cc12)c1ccccc1. The zero-order chi connectivity index (χ0) is 19.5. The number of likely N-dealkylation sites (tertiary alicyclic amines) is 1. The fourth-order valence-corrected chi connectivity index (χ4v) is 3.79. The van der Waals surface area contributed by atoms with Gasteiger partial charge in [0.2, 0.25) is 0 Å². The highest BCUT2D eigenvalue weighted by Gasteiger charge is 2.23. The predicted molar refractivity (Wildman–Crippen MR) is 110 cm³/mol. The highest BCUT2D eigenvalue weighted by atomic mass is 19.1. The van der Waals surface area contributed by atoms with Crippen molar-refractivity contribution in [2.24, 2.45) is 0 Å². The van der Waals surface area contributed by atoms with Crippen LogP contribution < -0.4 is 5.32 Å². The Labute approximate surface area is 164 Å². The fourth-order valence-electron chi connectivity index (χ4n) is 3.79. The second-order valence-electron chi connectivity index (χ2n) is 7.34. The molecule has 2 heterocycles. The minimum absolute atomic E-state index is 0.0389. The van der Waals surface area contributed by atoms with Crippen molar-refractivity contribution in [3.05, 3.63) is 71.7 Å². The van der Waals surface area contributed by atoms with Gasteiger partial charge in [-0.25, -0.2) is 4.39 Å². The molecule has 1 aliphatic heterocycles. The number of rotatable bonds is 4. The summed E-state index contributed by atoms with van der Waals surface area (Å²) >= 11 is 0. The normalized spacial score (nSPS) is 15.4. The number of nitrogens with one attached hydrogen (secondary N) is 1. The fraction of sp³-hybridized carbons (Fsp3) is 0.304. The maximum atomic E-state index is 14.0. The summed E-state index contributed by atoms with van der Waals surface area (Å²) in [5.74, 6) is -0.381. The molecule has 4 rings (SSSR count). The number of nitrogens with zero attached hydrogens (tertiary/aromatic N) is 2. The van der Waals surface area contributed by atoms with Crippen LogP contribution in [0.4, 0.5) is 10.1 Å². The van der Waals surface area contributed by atoms with Gasteiger partial charge in [0.15, 0.2) is 0 Å². The largest absolute Gasteiger partial charge is 0.377 e. The number of amides is 1. The summed E-state index contributed by atoms with van der Waals surface area (Å²) in [5, 5.41) is 4.09. The average Bonchev–Trinajstić information content (AvgIpc) is 2.75. The number of benzene rings is 2. The molecule has 144 valence electrons. The van der Waals surface area contributed by atoms with Gasteiger partial charge in [0.1, 0.15) is 5.82 Å². The third-order valence-electron chi connectivity index (χ3n) is 5.36. The minimum atomic E-state index is -0.340. The van der Waals surface area contributed by atoms with Gasteiger partial charge in [0.05, 0.1) is 16.8 Å². The third kappa shape index (κ3) is 3.70. The molecule has 0 radical (unpaired) electrons. The zero-order valence-corrected chi connectivity index (χ0v) is 16.0. The molecule has 4 nitrogen and oxygen atoms in total. The Kier molecular flexibility index (Phi) is 5.24. The predicted octanol–water partition coefficient (Wildman–Crippen LogP) is 5.17. The summed E-state index contributed by atoms with van der Waals surface area (Å²) in [7, 11) is 0. The first kappa shape index (κ1) is 18.4. The molecule has 28 heavy (non-hydrogen) atoms. The Morgan fingerprint density at radius 1 is 1.11 bits per heavy atom. The van der Waals surface area contributed by atoms with E-state index in [1.807, 2.05) is 42.2 Å². The van der Waals surface area contributed by atoms with Gasteiger partial charge in [0, 0.05) is 30.7 Å². The molecule has 0 saturated carbocycles. The van der Waals surface area contributed by atoms with Gasteiger partial charge < -0.3 is 10.2 Å². The molecule has 1 fully saturated rings. The van der Waals surface area contributed by atoms with E-state index in [9.17, 15) is 9.18 Å². The van der Waals surface area contributed by atoms with Crippen LogP contribution in [0, 0.1) is 5.82 Å². The van der Waals surface area contributed by atoms with Crippen LogP contribution in [0.25, 0.3) is 10.9 Å². The van der Waals surface area contributed by atoms with E-state index >= 15 is 0 Å². The quantitative estimate of drug-likeness (QED) is 0.682. The molecule has 0 aliphatic carbocycles. The summed E-state index contributed by atoms with van der Waals surface area (Å²) in [6, 6.07) is 14.5. The number of carbonyl (C=O) groups is 1. The van der Waals surface area contributed by atoms with Gasteiger partial charge in [-0.3, -0.25) is 9.78 Å². The number of pyridine rings is 1. The van der Waals surface area contributed by atoms with E-state index in [0.29, 0.717) is 22.2 Å². The van der Waals surface area contributed by atoms with Crippen LogP contribution in [0.5, 0.6) is 0 Å². The lowest BCUT2D eigenvalue weighted by atomic mass is 10.0. The Hall–Kier alpha value is -2.95. The first-order valence-corrected chi connectivity index (χ1v) is 9.82. The topological polar surface area (TPSA) is 45.2 Å². The number of anilines is 1. The van der Waals surface area contributed by atoms with Crippen molar-refractivity contribution in [1.29, 1.82) is 0 Å². The number of carbonyl (C=O) groups excluding carboxylic acids is 1. The number of fused-ring (bicyclic) bond motifs is 1. The molecule has 1 atom stereocenters. The summed E-state index contributed by atoms with van der Waals surface area (Å²) in [4.78, 5) is 19.5. The molecular formula is C23H24FN3O. The van der Waals surface area contributed by atoms with Crippen molar-refractivity contribution in [2.45, 2.75) is 32.2 Å². The molecule has 1 amide bonds. The van der Waals surface area contributed by atoms with Crippen LogP contribution in [-0.2, 0) is 0 Å². The number of halogens is 1. The molecule has 3 aromatic rings.